The van der Waals surface area contributed by atoms with Crippen molar-refractivity contribution in [1.82, 2.24) is 5.32 Å². The van der Waals surface area contributed by atoms with Crippen LogP contribution in [0, 0.1) is 0 Å². The molecular weight excluding hydrogens is 478 g/mol. The summed E-state index contributed by atoms with van der Waals surface area (Å²) in [7, 11) is 0. The molecule has 2 aromatic rings. The normalized spacial score (nSPS) is 15.1. The minimum absolute atomic E-state index is 0.236. The minimum atomic E-state index is -1.19. The second kappa shape index (κ2) is 10.9. The molecule has 0 spiro atoms. The van der Waals surface area contributed by atoms with Gasteiger partial charge in [0.1, 0.15) is 11.6 Å². The van der Waals surface area contributed by atoms with Crippen LogP contribution >= 0.6 is 23.4 Å². The van der Waals surface area contributed by atoms with Crippen LogP contribution in [0.5, 0.6) is 0 Å². The average molecular weight is 504 g/mol. The zero-order valence-electron chi connectivity index (χ0n) is 19.1. The molecule has 0 fully saturated rings. The number of amides is 3. The van der Waals surface area contributed by atoms with E-state index in [4.69, 9.17) is 16.3 Å². The van der Waals surface area contributed by atoms with Crippen LogP contribution in [-0.2, 0) is 19.1 Å². The number of halogens is 1. The third-order valence-corrected chi connectivity index (χ3v) is 6.39. The number of benzene rings is 2. The van der Waals surface area contributed by atoms with Gasteiger partial charge < -0.3 is 15.4 Å². The number of hydrogen-bond donors (Lipinski definition) is 2. The molecule has 1 heterocycles. The molecule has 1 aliphatic rings. The fourth-order valence-corrected chi connectivity index (χ4v) is 4.26. The van der Waals surface area contributed by atoms with Gasteiger partial charge in [-0.2, -0.15) is 11.8 Å². The number of carbonyl (C=O) groups excluding carboxylic acids is 4. The van der Waals surface area contributed by atoms with Crippen LogP contribution in [0.4, 0.5) is 11.4 Å². The van der Waals surface area contributed by atoms with Crippen LogP contribution in [0.1, 0.15) is 30.6 Å². The molecule has 0 saturated heterocycles. The van der Waals surface area contributed by atoms with Crippen molar-refractivity contribution in [3.63, 3.8) is 0 Å². The number of ether oxygens (including phenoxy) is 1. The van der Waals surface area contributed by atoms with Crippen LogP contribution in [-0.4, -0.2) is 53.9 Å². The first-order chi connectivity index (χ1) is 16.2. The fraction of sp³-hybridized carbons (Fsp3) is 0.333. The van der Waals surface area contributed by atoms with Crippen molar-refractivity contribution < 1.29 is 23.9 Å². The molecule has 2 aromatic carbocycles. The van der Waals surface area contributed by atoms with Crippen molar-refractivity contribution in [1.29, 1.82) is 0 Å². The third-order valence-electron chi connectivity index (χ3n) is 5.41. The van der Waals surface area contributed by atoms with E-state index in [1.54, 1.807) is 62.4 Å². The molecule has 180 valence electrons. The molecule has 0 bridgehead atoms. The number of nitrogens with one attached hydrogen (secondary N) is 2. The summed E-state index contributed by atoms with van der Waals surface area (Å²) in [6.45, 7) is 2.65. The van der Waals surface area contributed by atoms with E-state index in [0.29, 0.717) is 23.5 Å². The molecule has 34 heavy (non-hydrogen) atoms. The molecule has 0 aromatic heterocycles. The lowest BCUT2D eigenvalue weighted by Crippen LogP contribution is -2.59. The Balaban J connectivity index is 1.72. The van der Waals surface area contributed by atoms with Gasteiger partial charge in [0, 0.05) is 0 Å². The van der Waals surface area contributed by atoms with Gasteiger partial charge in [0.2, 0.25) is 5.91 Å². The minimum Gasteiger partial charge on any atom is -0.454 e. The molecule has 0 unspecified atom stereocenters. The number of rotatable bonds is 8. The highest BCUT2D eigenvalue weighted by Crippen LogP contribution is 2.36. The fourth-order valence-electron chi connectivity index (χ4n) is 3.56. The zero-order chi connectivity index (χ0) is 24.9. The smallest absolute Gasteiger partial charge is 0.329 e. The van der Waals surface area contributed by atoms with E-state index in [-0.39, 0.29) is 16.5 Å². The maximum Gasteiger partial charge on any atom is 0.329 e. The Kier molecular flexibility index (Phi) is 8.22. The van der Waals surface area contributed by atoms with Crippen LogP contribution in [0.3, 0.4) is 0 Å². The van der Waals surface area contributed by atoms with Gasteiger partial charge in [-0.05, 0) is 56.5 Å². The van der Waals surface area contributed by atoms with Crippen molar-refractivity contribution >= 4 is 58.4 Å². The summed E-state index contributed by atoms with van der Waals surface area (Å²) in [6, 6.07) is 12.4. The van der Waals surface area contributed by atoms with Crippen LogP contribution in [0.2, 0.25) is 5.02 Å². The van der Waals surface area contributed by atoms with Gasteiger partial charge in [0.25, 0.3) is 11.8 Å². The van der Waals surface area contributed by atoms with E-state index in [1.165, 1.54) is 16.7 Å². The largest absolute Gasteiger partial charge is 0.454 e. The van der Waals surface area contributed by atoms with Gasteiger partial charge in [-0.25, -0.2) is 4.79 Å². The second-order valence-electron chi connectivity index (χ2n) is 8.15. The Hall–Kier alpha value is -3.04. The highest BCUT2D eigenvalue weighted by atomic mass is 35.5. The lowest BCUT2D eigenvalue weighted by molar-refractivity contribution is -0.150. The van der Waals surface area contributed by atoms with Crippen LogP contribution in [0.15, 0.2) is 48.5 Å². The number of thioether (sulfide) groups is 1. The van der Waals surface area contributed by atoms with Crippen molar-refractivity contribution in [2.75, 3.05) is 28.8 Å². The Morgan fingerprint density at radius 3 is 2.53 bits per heavy atom. The predicted molar refractivity (Wildman–Crippen MR) is 133 cm³/mol. The van der Waals surface area contributed by atoms with Crippen LogP contribution < -0.4 is 15.5 Å². The predicted octanol–water partition coefficient (Wildman–Crippen LogP) is 3.50. The number of nitrogens with zero attached hydrogens (tertiary/aromatic N) is 1. The molecule has 3 rings (SSSR count). The SMILES string of the molecule is CSCC[C@@H](NC(=O)c1ccccc1Cl)C(=O)OCC(=O)N1c2ccccc2NC(=O)C1(C)C. The number of carbonyl (C=O) groups is 4. The summed E-state index contributed by atoms with van der Waals surface area (Å²) >= 11 is 7.60. The van der Waals surface area contributed by atoms with E-state index in [0.717, 1.165) is 0 Å². The maximum atomic E-state index is 13.1. The van der Waals surface area contributed by atoms with Gasteiger partial charge in [-0.3, -0.25) is 19.3 Å². The first kappa shape index (κ1) is 25.6. The quantitative estimate of drug-likeness (QED) is 0.534. The zero-order valence-corrected chi connectivity index (χ0v) is 20.7. The first-order valence-corrected chi connectivity index (χ1v) is 12.4. The lowest BCUT2D eigenvalue weighted by atomic mass is 9.96. The molecule has 0 radical (unpaired) electrons. The molecule has 10 heteroatoms. The average Bonchev–Trinajstić information content (AvgIpc) is 2.80. The molecular formula is C24H26ClN3O5S. The molecule has 8 nitrogen and oxygen atoms in total. The Morgan fingerprint density at radius 1 is 1.15 bits per heavy atom. The summed E-state index contributed by atoms with van der Waals surface area (Å²) in [5.74, 6) is -1.57. The molecule has 0 saturated carbocycles. The summed E-state index contributed by atoms with van der Waals surface area (Å²) < 4.78 is 5.31. The standard InChI is InChI=1S/C24H26ClN3O5S/c1-24(2)23(32)27-17-10-6-7-11-19(17)28(24)20(29)14-33-22(31)18(12-13-34-3)26-21(30)15-8-4-5-9-16(15)25/h4-11,18H,12-14H2,1-3H3,(H,26,30)(H,27,32)/t18-/m1/s1. The van der Waals surface area contributed by atoms with E-state index in [2.05, 4.69) is 10.6 Å². The maximum absolute atomic E-state index is 13.1. The number of hydrogen-bond acceptors (Lipinski definition) is 6. The number of esters is 1. The van der Waals surface area contributed by atoms with Gasteiger partial charge in [0.15, 0.2) is 6.61 Å². The summed E-state index contributed by atoms with van der Waals surface area (Å²) in [4.78, 5) is 52.5. The Bertz CT molecular complexity index is 1110. The van der Waals surface area contributed by atoms with Crippen molar-refractivity contribution in [3.05, 3.63) is 59.1 Å². The first-order valence-electron chi connectivity index (χ1n) is 10.6. The van der Waals surface area contributed by atoms with E-state index < -0.39 is 36.0 Å². The second-order valence-corrected chi connectivity index (χ2v) is 9.55. The van der Waals surface area contributed by atoms with Gasteiger partial charge in [-0.15, -0.1) is 0 Å². The lowest BCUT2D eigenvalue weighted by Gasteiger charge is -2.41. The Morgan fingerprint density at radius 2 is 1.82 bits per heavy atom. The van der Waals surface area contributed by atoms with Crippen LogP contribution in [0.25, 0.3) is 0 Å². The summed E-state index contributed by atoms with van der Waals surface area (Å²) in [5.41, 5.74) is 0.0595. The van der Waals surface area contributed by atoms with E-state index in [9.17, 15) is 19.2 Å². The van der Waals surface area contributed by atoms with Gasteiger partial charge >= 0.3 is 5.97 Å². The summed E-state index contributed by atoms with van der Waals surface area (Å²) in [5, 5.41) is 5.69. The van der Waals surface area contributed by atoms with Crippen molar-refractivity contribution in [2.24, 2.45) is 0 Å². The third kappa shape index (κ3) is 5.53. The molecule has 3 amide bonds. The van der Waals surface area contributed by atoms with Gasteiger partial charge in [0.05, 0.1) is 22.0 Å². The number of fused-ring (bicyclic) bond motifs is 1. The number of anilines is 2. The monoisotopic (exact) mass is 503 g/mol. The number of para-hydroxylation sites is 2. The Labute approximate surface area is 207 Å². The van der Waals surface area contributed by atoms with E-state index in [1.807, 2.05) is 6.26 Å². The van der Waals surface area contributed by atoms with Crippen molar-refractivity contribution in [3.8, 4) is 0 Å². The van der Waals surface area contributed by atoms with E-state index >= 15 is 0 Å². The van der Waals surface area contributed by atoms with Crippen molar-refractivity contribution in [2.45, 2.75) is 31.8 Å². The summed E-state index contributed by atoms with van der Waals surface area (Å²) in [6.07, 6.45) is 2.19. The van der Waals surface area contributed by atoms with Gasteiger partial charge in [-0.1, -0.05) is 35.9 Å². The topological polar surface area (TPSA) is 105 Å². The highest BCUT2D eigenvalue weighted by Gasteiger charge is 2.43. The molecule has 0 aliphatic carbocycles. The molecule has 2 N–H and O–H groups in total. The molecule has 1 aliphatic heterocycles. The highest BCUT2D eigenvalue weighted by molar-refractivity contribution is 7.98. The molecule has 1 atom stereocenters.